The summed E-state index contributed by atoms with van der Waals surface area (Å²) in [7, 11) is 4.40. The fourth-order valence-electron chi connectivity index (χ4n) is 1.70. The van der Waals surface area contributed by atoms with Gasteiger partial charge in [0.1, 0.15) is 5.75 Å². The molecule has 0 radical (unpaired) electrons. The molecule has 0 saturated heterocycles. The normalized spacial score (nSPS) is 11.2. The van der Waals surface area contributed by atoms with Crippen molar-refractivity contribution in [2.45, 2.75) is 0 Å². The lowest BCUT2D eigenvalue weighted by molar-refractivity contribution is -0.862. The number of amides is 3. The van der Waals surface area contributed by atoms with Gasteiger partial charge in [0.15, 0.2) is 13.1 Å². The number of methoxy groups -OCH3 is 2. The first-order chi connectivity index (χ1) is 10.4. The van der Waals surface area contributed by atoms with Crippen LogP contribution in [0.1, 0.15) is 0 Å². The van der Waals surface area contributed by atoms with Crippen LogP contribution >= 0.6 is 0 Å². The van der Waals surface area contributed by atoms with E-state index in [-0.39, 0.29) is 19.0 Å². The zero-order valence-electron chi connectivity index (χ0n) is 12.8. The van der Waals surface area contributed by atoms with Crippen LogP contribution in [0.2, 0.25) is 0 Å². The third-order valence-electron chi connectivity index (χ3n) is 2.73. The second-order valence-electron chi connectivity index (χ2n) is 4.63. The molecule has 0 heterocycles. The number of benzene rings is 1. The van der Waals surface area contributed by atoms with Gasteiger partial charge in [0.25, 0.3) is 11.8 Å². The third-order valence-corrected chi connectivity index (χ3v) is 2.73. The Morgan fingerprint density at radius 1 is 1.05 bits per heavy atom. The van der Waals surface area contributed by atoms with Crippen LogP contribution in [0, 0.1) is 0 Å². The minimum Gasteiger partial charge on any atom is -0.497 e. The average Bonchev–Trinajstić information content (AvgIpc) is 2.47. The van der Waals surface area contributed by atoms with Crippen molar-refractivity contribution >= 4 is 23.6 Å². The first-order valence-electron chi connectivity index (χ1n) is 6.57. The van der Waals surface area contributed by atoms with Crippen molar-refractivity contribution in [3.8, 4) is 5.75 Å². The van der Waals surface area contributed by atoms with E-state index >= 15 is 0 Å². The summed E-state index contributed by atoms with van der Waals surface area (Å²) in [6, 6.07) is 6.90. The summed E-state index contributed by atoms with van der Waals surface area (Å²) in [5.74, 6) is -0.0599. The van der Waals surface area contributed by atoms with E-state index in [1.807, 2.05) is 5.32 Å². The summed E-state index contributed by atoms with van der Waals surface area (Å²) < 4.78 is 9.34. The number of quaternary nitrogens is 1. The maximum absolute atomic E-state index is 11.9. The molecule has 0 saturated carbocycles. The zero-order valence-corrected chi connectivity index (χ0v) is 12.8. The van der Waals surface area contributed by atoms with Crippen LogP contribution in [-0.2, 0) is 14.3 Å². The van der Waals surface area contributed by atoms with Crippen molar-refractivity contribution in [1.82, 2.24) is 5.32 Å². The molecule has 1 aromatic rings. The Hall–Kier alpha value is -2.61. The van der Waals surface area contributed by atoms with Crippen LogP contribution in [0.5, 0.6) is 5.75 Å². The number of rotatable bonds is 6. The molecule has 3 amide bonds. The molecular weight excluding hydrogens is 290 g/mol. The molecule has 8 heteroatoms. The highest BCUT2D eigenvalue weighted by Gasteiger charge is 2.16. The Morgan fingerprint density at radius 3 is 2.18 bits per heavy atom. The molecule has 3 N–H and O–H groups in total. The van der Waals surface area contributed by atoms with E-state index < -0.39 is 12.0 Å². The summed E-state index contributed by atoms with van der Waals surface area (Å²) in [5.41, 5.74) is 0.637. The highest BCUT2D eigenvalue weighted by molar-refractivity contribution is 5.93. The molecule has 120 valence electrons. The Morgan fingerprint density at radius 2 is 1.64 bits per heavy atom. The molecule has 8 nitrogen and oxygen atoms in total. The lowest BCUT2D eigenvalue weighted by atomic mass is 10.3. The summed E-state index contributed by atoms with van der Waals surface area (Å²) in [6.45, 7) is 0.0613. The quantitative estimate of drug-likeness (QED) is 0.628. The number of nitrogens with one attached hydrogen (secondary N) is 3. The van der Waals surface area contributed by atoms with Crippen LogP contribution in [0.25, 0.3) is 0 Å². The largest absolute Gasteiger partial charge is 0.497 e. The van der Waals surface area contributed by atoms with Gasteiger partial charge in [0.05, 0.1) is 21.3 Å². The molecule has 0 aliphatic heterocycles. The number of imide groups is 1. The Balaban J connectivity index is 2.40. The molecule has 0 aliphatic carbocycles. The number of hydrogen-bond acceptors (Lipinski definition) is 5. The SMILES string of the molecule is COC(=O)NC(=O)C[NH+](C)CC(=O)Nc1ccc(OC)cc1. The summed E-state index contributed by atoms with van der Waals surface area (Å²) in [6.07, 6.45) is -0.819. The second-order valence-corrected chi connectivity index (χ2v) is 4.63. The number of carbonyl (C=O) groups is 3. The van der Waals surface area contributed by atoms with E-state index in [0.29, 0.717) is 16.3 Å². The van der Waals surface area contributed by atoms with Crippen LogP contribution in [0.4, 0.5) is 10.5 Å². The summed E-state index contributed by atoms with van der Waals surface area (Å²) >= 11 is 0. The molecule has 0 aliphatic rings. The molecule has 1 unspecified atom stereocenters. The van der Waals surface area contributed by atoms with Crippen molar-refractivity contribution in [1.29, 1.82) is 0 Å². The lowest BCUT2D eigenvalue weighted by Gasteiger charge is -2.13. The van der Waals surface area contributed by atoms with E-state index in [4.69, 9.17) is 4.74 Å². The van der Waals surface area contributed by atoms with E-state index in [9.17, 15) is 14.4 Å². The Kier molecular flexibility index (Phi) is 6.84. The predicted octanol–water partition coefficient (Wildman–Crippen LogP) is -0.969. The molecule has 22 heavy (non-hydrogen) atoms. The van der Waals surface area contributed by atoms with Gasteiger partial charge in [-0.25, -0.2) is 4.79 Å². The van der Waals surface area contributed by atoms with Gasteiger partial charge in [-0.2, -0.15) is 0 Å². The monoisotopic (exact) mass is 310 g/mol. The second kappa shape index (κ2) is 8.63. The van der Waals surface area contributed by atoms with Crippen molar-refractivity contribution in [3.63, 3.8) is 0 Å². The van der Waals surface area contributed by atoms with Crippen molar-refractivity contribution < 1.29 is 28.8 Å². The molecule has 0 fully saturated rings. The Labute approximate surface area is 128 Å². The summed E-state index contributed by atoms with van der Waals surface area (Å²) in [5, 5.41) is 4.74. The van der Waals surface area contributed by atoms with E-state index in [1.165, 1.54) is 7.11 Å². The average molecular weight is 310 g/mol. The lowest BCUT2D eigenvalue weighted by Crippen LogP contribution is -3.11. The minimum atomic E-state index is -0.819. The number of anilines is 1. The van der Waals surface area contributed by atoms with Crippen molar-refractivity contribution in [2.24, 2.45) is 0 Å². The highest BCUT2D eigenvalue weighted by atomic mass is 16.5. The fraction of sp³-hybridized carbons (Fsp3) is 0.357. The number of carbonyl (C=O) groups excluding carboxylic acids is 3. The first kappa shape index (κ1) is 17.4. The van der Waals surface area contributed by atoms with Crippen LogP contribution < -0.4 is 20.3 Å². The molecule has 1 rings (SSSR count). The van der Waals surface area contributed by atoms with Gasteiger partial charge in [-0.05, 0) is 24.3 Å². The standard InChI is InChI=1S/C14H19N3O5/c1-17(9-13(19)16-14(20)22-3)8-12(18)15-10-4-6-11(21-2)7-5-10/h4-7H,8-9H2,1-3H3,(H,15,18)(H,16,19,20)/p+1. The van der Waals surface area contributed by atoms with E-state index in [0.717, 1.165) is 0 Å². The van der Waals surface area contributed by atoms with Crippen LogP contribution in [-0.4, -0.2) is 52.3 Å². The van der Waals surface area contributed by atoms with Gasteiger partial charge in [-0.15, -0.1) is 0 Å². The molecule has 1 aromatic carbocycles. The van der Waals surface area contributed by atoms with Gasteiger partial charge >= 0.3 is 6.09 Å². The van der Waals surface area contributed by atoms with Crippen LogP contribution in [0.15, 0.2) is 24.3 Å². The molecule has 1 atom stereocenters. The summed E-state index contributed by atoms with van der Waals surface area (Å²) in [4.78, 5) is 34.8. The molecule has 0 spiro atoms. The number of alkyl carbamates (subject to hydrolysis) is 1. The van der Waals surface area contributed by atoms with Gasteiger partial charge in [-0.1, -0.05) is 0 Å². The van der Waals surface area contributed by atoms with E-state index in [2.05, 4.69) is 10.1 Å². The van der Waals surface area contributed by atoms with Crippen molar-refractivity contribution in [3.05, 3.63) is 24.3 Å². The number of ether oxygens (including phenoxy) is 2. The third kappa shape index (κ3) is 6.23. The highest BCUT2D eigenvalue weighted by Crippen LogP contribution is 2.14. The van der Waals surface area contributed by atoms with Gasteiger partial charge < -0.3 is 19.7 Å². The van der Waals surface area contributed by atoms with Crippen LogP contribution in [0.3, 0.4) is 0 Å². The van der Waals surface area contributed by atoms with Crippen molar-refractivity contribution in [2.75, 3.05) is 39.7 Å². The maximum atomic E-state index is 11.9. The number of hydrogen-bond donors (Lipinski definition) is 3. The van der Waals surface area contributed by atoms with Gasteiger partial charge in [-0.3, -0.25) is 14.9 Å². The van der Waals surface area contributed by atoms with Gasteiger partial charge in [0, 0.05) is 5.69 Å². The molecule has 0 aromatic heterocycles. The molecule has 0 bridgehead atoms. The number of likely N-dealkylation sites (N-methyl/N-ethyl adjacent to an activating group) is 1. The zero-order chi connectivity index (χ0) is 16.5. The first-order valence-corrected chi connectivity index (χ1v) is 6.57. The van der Waals surface area contributed by atoms with E-state index in [1.54, 1.807) is 38.4 Å². The predicted molar refractivity (Wildman–Crippen MR) is 78.8 cm³/mol. The smallest absolute Gasteiger partial charge is 0.413 e. The molecular formula is C14H20N3O5+. The van der Waals surface area contributed by atoms with Gasteiger partial charge in [0.2, 0.25) is 0 Å². The topological polar surface area (TPSA) is 98.2 Å². The maximum Gasteiger partial charge on any atom is 0.413 e. The minimum absolute atomic E-state index is 0.0227. The Bertz CT molecular complexity index is 530. The fourth-order valence-corrected chi connectivity index (χ4v) is 1.70.